The molecular weight excluding hydrogens is 626 g/mol. The second-order valence-electron chi connectivity index (χ2n) is 13.0. The van der Waals surface area contributed by atoms with Crippen molar-refractivity contribution in [3.05, 3.63) is 52.3 Å². The fourth-order valence-electron chi connectivity index (χ4n) is 6.42. The number of fused-ring (bicyclic) bond motifs is 2. The van der Waals surface area contributed by atoms with Crippen LogP contribution in [0, 0.1) is 5.41 Å². The van der Waals surface area contributed by atoms with Crippen molar-refractivity contribution in [3.8, 4) is 5.75 Å². The van der Waals surface area contributed by atoms with Crippen molar-refractivity contribution in [3.63, 3.8) is 0 Å². The molecule has 0 spiro atoms. The van der Waals surface area contributed by atoms with E-state index in [1.54, 1.807) is 0 Å². The Bertz CT molecular complexity index is 1650. The first-order valence-corrected chi connectivity index (χ1v) is 17.8. The highest BCUT2D eigenvalue weighted by molar-refractivity contribution is 7.85. The van der Waals surface area contributed by atoms with E-state index >= 15 is 0 Å². The Morgan fingerprint density at radius 1 is 0.979 bits per heavy atom. The smallest absolute Gasteiger partial charge is 0.333 e. The van der Waals surface area contributed by atoms with Gasteiger partial charge in [-0.15, -0.1) is 0 Å². The van der Waals surface area contributed by atoms with Crippen LogP contribution in [0.5, 0.6) is 5.75 Å². The summed E-state index contributed by atoms with van der Waals surface area (Å²) in [5, 5.41) is 8.93. The molecule has 4 amide bonds. The highest BCUT2D eigenvalue weighted by Gasteiger charge is 2.43. The van der Waals surface area contributed by atoms with Crippen LogP contribution in [0.3, 0.4) is 0 Å². The molecule has 256 valence electrons. The van der Waals surface area contributed by atoms with E-state index in [0.29, 0.717) is 49.2 Å². The van der Waals surface area contributed by atoms with Gasteiger partial charge in [-0.3, -0.25) is 28.7 Å². The number of carboxylic acid groups (broad SMARTS) is 1. The van der Waals surface area contributed by atoms with Gasteiger partial charge in [0.1, 0.15) is 17.1 Å². The number of carbonyl (C=O) groups excluding carboxylic acids is 3. The maximum absolute atomic E-state index is 13.7. The molecule has 0 saturated carbocycles. The van der Waals surface area contributed by atoms with E-state index in [9.17, 15) is 32.1 Å². The molecule has 4 rings (SSSR count). The number of ether oxygens (including phenoxy) is 1. The summed E-state index contributed by atoms with van der Waals surface area (Å²) in [6, 6.07) is 5.32. The topological polar surface area (TPSA) is 162 Å². The molecule has 47 heavy (non-hydrogen) atoms. The van der Waals surface area contributed by atoms with Crippen LogP contribution >= 0.6 is 0 Å². The number of rotatable bonds is 14. The van der Waals surface area contributed by atoms with Crippen molar-refractivity contribution in [2.75, 3.05) is 36.8 Å². The van der Waals surface area contributed by atoms with Gasteiger partial charge < -0.3 is 14.7 Å². The Labute approximate surface area is 276 Å². The predicted molar refractivity (Wildman–Crippen MR) is 177 cm³/mol. The Morgan fingerprint density at radius 3 is 2.19 bits per heavy atom. The summed E-state index contributed by atoms with van der Waals surface area (Å²) in [6.45, 7) is 11.9. The van der Waals surface area contributed by atoms with Crippen LogP contribution in [0.15, 0.2) is 46.8 Å². The fraction of sp³-hybridized carbons (Fsp3) is 0.529. The highest BCUT2D eigenvalue weighted by Crippen LogP contribution is 2.52. The van der Waals surface area contributed by atoms with Crippen LogP contribution in [-0.4, -0.2) is 83.6 Å². The number of benzene rings is 1. The normalized spacial score (nSPS) is 17.8. The third-order valence-corrected chi connectivity index (χ3v) is 9.43. The van der Waals surface area contributed by atoms with E-state index in [2.05, 4.69) is 51.7 Å². The van der Waals surface area contributed by atoms with Gasteiger partial charge in [0.05, 0.1) is 5.75 Å². The van der Waals surface area contributed by atoms with E-state index in [4.69, 9.17) is 9.84 Å². The van der Waals surface area contributed by atoms with Crippen molar-refractivity contribution in [1.82, 2.24) is 9.80 Å². The highest BCUT2D eigenvalue weighted by atomic mass is 32.2. The minimum atomic E-state index is -4.34. The molecule has 0 aromatic heterocycles. The summed E-state index contributed by atoms with van der Waals surface area (Å²) < 4.78 is 38.4. The number of anilines is 1. The van der Waals surface area contributed by atoms with Gasteiger partial charge in [-0.1, -0.05) is 27.2 Å². The number of hydrogen-bond donors (Lipinski definition) is 2. The molecule has 1 fully saturated rings. The second-order valence-corrected chi connectivity index (χ2v) is 14.6. The molecule has 2 aliphatic heterocycles. The summed E-state index contributed by atoms with van der Waals surface area (Å²) in [6.07, 6.45) is 3.50. The number of amides is 4. The standard InChI is InChI=1S/C34H45N3O9S/c1-6-35(7-2)23-14-16-24-27(21-23)46-30-22(13-15-25(30)29(24)34(3,4)5)20-26-31(40)36(17-10-8-9-12-28(38)39)33(42)37(32(26)41)18-11-19-47(43,44)45/h14,16,20-21H,6-13,15,17-19H2,1-5H3,(H,38,39)(H,43,44,45). The Kier molecular flexibility index (Phi) is 11.0. The predicted octanol–water partition coefficient (Wildman–Crippen LogP) is 5.41. The van der Waals surface area contributed by atoms with Gasteiger partial charge in [0.15, 0.2) is 0 Å². The molecule has 0 radical (unpaired) electrons. The molecule has 1 aliphatic carbocycles. The van der Waals surface area contributed by atoms with Crippen molar-refractivity contribution in [2.24, 2.45) is 5.41 Å². The van der Waals surface area contributed by atoms with E-state index in [1.807, 2.05) is 6.07 Å². The molecule has 2 N–H and O–H groups in total. The lowest BCUT2D eigenvalue weighted by Gasteiger charge is -2.34. The molecular formula is C34H45N3O9S. The zero-order valence-electron chi connectivity index (χ0n) is 27.8. The van der Waals surface area contributed by atoms with E-state index in [-0.39, 0.29) is 36.9 Å². The third-order valence-electron chi connectivity index (χ3n) is 8.62. The molecule has 0 unspecified atom stereocenters. The lowest BCUT2D eigenvalue weighted by molar-refractivity contribution is -0.138. The van der Waals surface area contributed by atoms with Gasteiger partial charge in [-0.25, -0.2) is 4.79 Å². The van der Waals surface area contributed by atoms with Gasteiger partial charge in [0.2, 0.25) is 0 Å². The van der Waals surface area contributed by atoms with Crippen molar-refractivity contribution >= 4 is 45.2 Å². The average molecular weight is 672 g/mol. The van der Waals surface area contributed by atoms with Crippen LogP contribution in [0.25, 0.3) is 5.57 Å². The van der Waals surface area contributed by atoms with Gasteiger partial charge >= 0.3 is 12.0 Å². The molecule has 12 nitrogen and oxygen atoms in total. The van der Waals surface area contributed by atoms with Gasteiger partial charge in [0, 0.05) is 49.9 Å². The number of carbonyl (C=O) groups is 4. The summed E-state index contributed by atoms with van der Waals surface area (Å²) in [5.74, 6) is -1.95. The number of aliphatic carboxylic acids is 1. The summed E-state index contributed by atoms with van der Waals surface area (Å²) in [7, 11) is -4.34. The van der Waals surface area contributed by atoms with E-state index in [0.717, 1.165) is 45.3 Å². The van der Waals surface area contributed by atoms with E-state index in [1.165, 1.54) is 6.08 Å². The molecule has 13 heteroatoms. The Hall–Kier alpha value is -3.97. The minimum Gasteiger partial charge on any atom is -0.481 e. The number of urea groups is 1. The minimum absolute atomic E-state index is 0.0417. The quantitative estimate of drug-likeness (QED) is 0.113. The number of hydrogen-bond acceptors (Lipinski definition) is 8. The summed E-state index contributed by atoms with van der Waals surface area (Å²) in [4.78, 5) is 55.7. The van der Waals surface area contributed by atoms with Crippen molar-refractivity contribution in [1.29, 1.82) is 0 Å². The first kappa shape index (κ1) is 35.9. The SMILES string of the molecule is CCN(CC)c1ccc2c(c1)OC1=C(C=C3C(=O)N(CCCCCC(=O)O)C(=O)N(CCCS(=O)(=O)O)C3=O)CCC1=C2C(C)(C)C. The number of allylic oxidation sites excluding steroid dienone is 4. The average Bonchev–Trinajstić information content (AvgIpc) is 3.38. The Morgan fingerprint density at radius 2 is 1.62 bits per heavy atom. The van der Waals surface area contributed by atoms with Crippen molar-refractivity contribution < 1.29 is 42.0 Å². The van der Waals surface area contributed by atoms with Crippen LogP contribution in [0.1, 0.15) is 85.1 Å². The van der Waals surface area contributed by atoms with Crippen LogP contribution in [-0.2, 0) is 24.5 Å². The molecule has 0 atom stereocenters. The fourth-order valence-corrected chi connectivity index (χ4v) is 6.92. The number of nitrogens with zero attached hydrogens (tertiary/aromatic N) is 3. The number of unbranched alkanes of at least 4 members (excludes halogenated alkanes) is 2. The summed E-state index contributed by atoms with van der Waals surface area (Å²) in [5.41, 5.74) is 4.29. The third kappa shape index (κ3) is 8.13. The number of carboxylic acids is 1. The monoisotopic (exact) mass is 671 g/mol. The first-order valence-electron chi connectivity index (χ1n) is 16.2. The number of barbiturate groups is 1. The lowest BCUT2D eigenvalue weighted by atomic mass is 9.77. The molecule has 2 heterocycles. The summed E-state index contributed by atoms with van der Waals surface area (Å²) >= 11 is 0. The lowest BCUT2D eigenvalue weighted by Crippen LogP contribution is -2.56. The van der Waals surface area contributed by atoms with Gasteiger partial charge in [0.25, 0.3) is 21.9 Å². The van der Waals surface area contributed by atoms with Crippen LogP contribution < -0.4 is 9.64 Å². The van der Waals surface area contributed by atoms with Crippen molar-refractivity contribution in [2.45, 2.75) is 79.6 Å². The number of imide groups is 2. The van der Waals surface area contributed by atoms with Gasteiger partial charge in [-0.2, -0.15) is 8.42 Å². The van der Waals surface area contributed by atoms with E-state index < -0.39 is 39.7 Å². The largest absolute Gasteiger partial charge is 0.481 e. The zero-order valence-corrected chi connectivity index (χ0v) is 28.6. The maximum Gasteiger partial charge on any atom is 0.333 e. The van der Waals surface area contributed by atoms with Crippen LogP contribution in [0.2, 0.25) is 0 Å². The van der Waals surface area contributed by atoms with Gasteiger partial charge in [-0.05, 0) is 86.3 Å². The first-order chi connectivity index (χ1) is 22.1. The second kappa shape index (κ2) is 14.4. The molecule has 1 aromatic carbocycles. The molecule has 3 aliphatic rings. The molecule has 1 saturated heterocycles. The Balaban J connectivity index is 1.75. The zero-order chi connectivity index (χ0) is 34.7. The molecule has 1 aromatic rings. The molecule has 0 bridgehead atoms. The maximum atomic E-state index is 13.7. The van der Waals surface area contributed by atoms with Crippen LogP contribution in [0.4, 0.5) is 10.5 Å².